The van der Waals surface area contributed by atoms with Gasteiger partial charge in [-0.05, 0) is 197 Å². The molecule has 0 radical (unpaired) electrons. The van der Waals surface area contributed by atoms with E-state index in [0.717, 1.165) is 83.0 Å². The van der Waals surface area contributed by atoms with Gasteiger partial charge in [0.05, 0.1) is 15.8 Å². The second-order valence-electron chi connectivity index (χ2n) is 26.3. The van der Waals surface area contributed by atoms with Gasteiger partial charge in [-0.1, -0.05) is 150 Å². The average molecular weight is 1170 g/mol. The largest absolute Gasteiger partial charge is 0.482 e. The molecule has 0 heterocycles. The van der Waals surface area contributed by atoms with Crippen molar-refractivity contribution in [1.29, 1.82) is 0 Å². The van der Waals surface area contributed by atoms with Gasteiger partial charge in [-0.2, -0.15) is 4.31 Å². The van der Waals surface area contributed by atoms with Crippen LogP contribution in [-0.2, 0) is 62.8 Å². The zero-order valence-electron chi connectivity index (χ0n) is 51.6. The van der Waals surface area contributed by atoms with Crippen molar-refractivity contribution in [2.24, 2.45) is 0 Å². The van der Waals surface area contributed by atoms with E-state index in [9.17, 15) is 26.4 Å². The van der Waals surface area contributed by atoms with E-state index in [1.807, 2.05) is 102 Å². The minimum absolute atomic E-state index is 0.0163. The number of ether oxygens (including phenoxy) is 4. The molecule has 6 aromatic rings. The minimum atomic E-state index is -3.78. The predicted molar refractivity (Wildman–Crippen MR) is 332 cm³/mol. The van der Waals surface area contributed by atoms with Crippen LogP contribution in [-0.4, -0.2) is 64.5 Å². The standard InChI is InChI=1S/C35H45NO5S.C34H43NO5S/c1-24-20-26(22-27(21-24)34(2,3)4)25-16-18-28(19-17-25)42(38,39)36(8)31-14-10-9-12-30-29(31)13-11-15-32(30)40-23-33(37)41-35(5,6)7;1-23-19-25(21-26(20-23)33(2,3)4)24-15-17-27(18-16-24)41(37,38)35-30-13-9-8-11-29-28(30)12-10-14-31(29)39-22-32(36)40-34(5,6)7/h11,13,15-22,31H,9-10,12,14,23H2,1-8H3;10,12,14-21,30,35H,8-9,11,13,22H2,1-7H3. The lowest BCUT2D eigenvalue weighted by molar-refractivity contribution is -0.158. The van der Waals surface area contributed by atoms with Crippen molar-refractivity contribution in [1.82, 2.24) is 9.03 Å². The van der Waals surface area contributed by atoms with Gasteiger partial charge in [-0.25, -0.2) is 31.1 Å². The summed E-state index contributed by atoms with van der Waals surface area (Å²) in [7, 11) is -5.90. The van der Waals surface area contributed by atoms with Gasteiger partial charge in [-0.3, -0.25) is 0 Å². The summed E-state index contributed by atoms with van der Waals surface area (Å²) >= 11 is 0. The molecule has 6 aromatic carbocycles. The van der Waals surface area contributed by atoms with Gasteiger partial charge in [0.2, 0.25) is 20.0 Å². The lowest BCUT2D eigenvalue weighted by atomic mass is 9.84. The number of esters is 2. The molecule has 0 aliphatic heterocycles. The van der Waals surface area contributed by atoms with E-state index >= 15 is 0 Å². The topological polar surface area (TPSA) is 155 Å². The molecule has 2 atom stereocenters. The number of nitrogens with zero attached hydrogens (tertiary/aromatic N) is 1. The van der Waals surface area contributed by atoms with Crippen molar-refractivity contribution in [3.63, 3.8) is 0 Å². The molecule has 0 aromatic heterocycles. The highest BCUT2D eigenvalue weighted by Crippen LogP contribution is 2.41. The van der Waals surface area contributed by atoms with Crippen LogP contribution in [0.4, 0.5) is 0 Å². The second kappa shape index (κ2) is 25.9. The summed E-state index contributed by atoms with van der Waals surface area (Å²) < 4.78 is 81.9. The van der Waals surface area contributed by atoms with Gasteiger partial charge < -0.3 is 18.9 Å². The quantitative estimate of drug-likeness (QED) is 0.0823. The molecule has 446 valence electrons. The Morgan fingerprint density at radius 3 is 1.39 bits per heavy atom. The SMILES string of the molecule is Cc1cc(-c2ccc(S(=O)(=O)N(C)C3CCCCc4c(OCC(=O)OC(C)(C)C)cccc43)cc2)cc(C(C)(C)C)c1.Cc1cc(-c2ccc(S(=O)(=O)NC3CCCCc4c(OCC(=O)OC(C)(C)C)cccc43)cc2)cc(C(C)(C)C)c1. The number of aryl methyl sites for hydroxylation is 2. The van der Waals surface area contributed by atoms with E-state index in [1.165, 1.54) is 26.6 Å². The maximum absolute atomic E-state index is 13.9. The third-order valence-corrected chi connectivity index (χ3v) is 18.3. The summed E-state index contributed by atoms with van der Waals surface area (Å²) in [5, 5.41) is 0. The van der Waals surface area contributed by atoms with Crippen molar-refractivity contribution in [2.45, 2.75) is 192 Å². The van der Waals surface area contributed by atoms with Crippen molar-refractivity contribution in [3.8, 4) is 33.8 Å². The number of sulfonamides is 2. The van der Waals surface area contributed by atoms with Gasteiger partial charge in [-0.15, -0.1) is 0 Å². The highest BCUT2D eigenvalue weighted by atomic mass is 32.2. The first kappa shape index (κ1) is 64.2. The van der Waals surface area contributed by atoms with Crippen LogP contribution in [0.2, 0.25) is 0 Å². The number of carbonyl (C=O) groups is 2. The van der Waals surface area contributed by atoms with Gasteiger partial charge in [0.15, 0.2) is 13.2 Å². The highest BCUT2D eigenvalue weighted by molar-refractivity contribution is 7.89. The number of benzene rings is 6. The molecule has 2 aliphatic carbocycles. The third kappa shape index (κ3) is 17.2. The van der Waals surface area contributed by atoms with Crippen LogP contribution in [0.5, 0.6) is 11.5 Å². The molecule has 0 fully saturated rings. The molecule has 12 nitrogen and oxygen atoms in total. The van der Waals surface area contributed by atoms with Crippen LogP contribution in [0, 0.1) is 13.8 Å². The van der Waals surface area contributed by atoms with Crippen LogP contribution >= 0.6 is 0 Å². The maximum atomic E-state index is 13.9. The van der Waals surface area contributed by atoms with Crippen molar-refractivity contribution < 1.29 is 45.4 Å². The average Bonchev–Trinajstić information content (AvgIpc) is 4.04. The predicted octanol–water partition coefficient (Wildman–Crippen LogP) is 15.2. The normalized spacial score (nSPS) is 16.0. The molecular formula is C69H88N2O10S2. The van der Waals surface area contributed by atoms with Gasteiger partial charge in [0, 0.05) is 13.1 Å². The molecule has 14 heteroatoms. The Labute approximate surface area is 495 Å². The Bertz CT molecular complexity index is 3490. The fourth-order valence-electron chi connectivity index (χ4n) is 10.7. The third-order valence-electron chi connectivity index (χ3n) is 14.9. The lowest BCUT2D eigenvalue weighted by Crippen LogP contribution is -2.31. The molecule has 0 saturated heterocycles. The summed E-state index contributed by atoms with van der Waals surface area (Å²) in [5.74, 6) is 0.322. The summed E-state index contributed by atoms with van der Waals surface area (Å²) in [4.78, 5) is 25.0. The first-order chi connectivity index (χ1) is 38.7. The summed E-state index contributed by atoms with van der Waals surface area (Å²) in [6, 6.07) is 37.9. The van der Waals surface area contributed by atoms with Crippen molar-refractivity contribution >= 4 is 32.0 Å². The number of fused-ring (bicyclic) bond motifs is 2. The van der Waals surface area contributed by atoms with Gasteiger partial charge >= 0.3 is 11.9 Å². The molecular weight excluding hydrogens is 1080 g/mol. The summed E-state index contributed by atoms with van der Waals surface area (Å²) in [6.07, 6.45) is 6.45. The van der Waals surface area contributed by atoms with Crippen molar-refractivity contribution in [3.05, 3.63) is 166 Å². The van der Waals surface area contributed by atoms with E-state index in [2.05, 4.69) is 96.5 Å². The van der Waals surface area contributed by atoms with Crippen LogP contribution in [0.1, 0.15) is 178 Å². The summed E-state index contributed by atoms with van der Waals surface area (Å²) in [5.41, 5.74) is 11.5. The Morgan fingerprint density at radius 2 is 0.940 bits per heavy atom. The number of rotatable bonds is 14. The number of hydrogen-bond donors (Lipinski definition) is 1. The van der Waals surface area contributed by atoms with E-state index < -0.39 is 49.2 Å². The van der Waals surface area contributed by atoms with Crippen LogP contribution in [0.15, 0.2) is 131 Å². The number of hydrogen-bond acceptors (Lipinski definition) is 10. The van der Waals surface area contributed by atoms with E-state index in [4.69, 9.17) is 18.9 Å². The number of carbonyl (C=O) groups excluding carboxylic acids is 2. The smallest absolute Gasteiger partial charge is 0.344 e. The van der Waals surface area contributed by atoms with Crippen LogP contribution in [0.25, 0.3) is 22.3 Å². The second-order valence-corrected chi connectivity index (χ2v) is 30.0. The highest BCUT2D eigenvalue weighted by Gasteiger charge is 2.33. The molecule has 1 N–H and O–H groups in total. The van der Waals surface area contributed by atoms with Crippen molar-refractivity contribution in [2.75, 3.05) is 20.3 Å². The van der Waals surface area contributed by atoms with Crippen LogP contribution < -0.4 is 14.2 Å². The van der Waals surface area contributed by atoms with E-state index in [1.54, 1.807) is 31.3 Å². The molecule has 83 heavy (non-hydrogen) atoms. The molecule has 0 saturated carbocycles. The molecule has 0 spiro atoms. The molecule has 2 aliphatic rings. The fourth-order valence-corrected chi connectivity index (χ4v) is 13.3. The van der Waals surface area contributed by atoms with Gasteiger partial charge in [0.25, 0.3) is 0 Å². The van der Waals surface area contributed by atoms with E-state index in [-0.39, 0.29) is 39.9 Å². The zero-order valence-corrected chi connectivity index (χ0v) is 53.3. The number of nitrogens with one attached hydrogen (secondary N) is 1. The Morgan fingerprint density at radius 1 is 0.518 bits per heavy atom. The zero-order chi connectivity index (χ0) is 60.9. The maximum Gasteiger partial charge on any atom is 0.344 e. The Hall–Kier alpha value is -6.32. The monoisotopic (exact) mass is 1170 g/mol. The lowest BCUT2D eigenvalue weighted by Gasteiger charge is -2.29. The first-order valence-electron chi connectivity index (χ1n) is 29.1. The molecule has 0 bridgehead atoms. The molecule has 2 unspecified atom stereocenters. The molecule has 0 amide bonds. The Kier molecular flexibility index (Phi) is 20.0. The minimum Gasteiger partial charge on any atom is -0.482 e. The van der Waals surface area contributed by atoms with Crippen LogP contribution in [0.3, 0.4) is 0 Å². The first-order valence-corrected chi connectivity index (χ1v) is 32.0. The summed E-state index contributed by atoms with van der Waals surface area (Å²) in [6.45, 7) is 27.8. The van der Waals surface area contributed by atoms with Gasteiger partial charge in [0.1, 0.15) is 22.7 Å². The Balaban J connectivity index is 0.000000239. The molecule has 8 rings (SSSR count). The van der Waals surface area contributed by atoms with E-state index in [0.29, 0.717) is 24.3 Å². The fraction of sp³-hybridized carbons (Fsp3) is 0.449.